The molecule has 1 saturated heterocycles. The average molecular weight is 479 g/mol. The third-order valence-corrected chi connectivity index (χ3v) is 5.87. The van der Waals surface area contributed by atoms with Crippen molar-refractivity contribution in [3.63, 3.8) is 0 Å². The second-order valence-electron chi connectivity index (χ2n) is 8.13. The van der Waals surface area contributed by atoms with Gasteiger partial charge in [-0.2, -0.15) is 0 Å². The molecule has 1 aliphatic heterocycles. The predicted octanol–water partition coefficient (Wildman–Crippen LogP) is 5.70. The number of amides is 1. The Kier molecular flexibility index (Phi) is 8.04. The van der Waals surface area contributed by atoms with Gasteiger partial charge in [-0.05, 0) is 73.4 Å². The van der Waals surface area contributed by atoms with Crippen LogP contribution in [0.3, 0.4) is 0 Å². The van der Waals surface area contributed by atoms with Crippen molar-refractivity contribution in [1.29, 1.82) is 0 Å². The molecule has 0 spiro atoms. The average Bonchev–Trinajstić information content (AvgIpc) is 2.88. The highest BCUT2D eigenvalue weighted by Crippen LogP contribution is 2.23. The molecule has 4 rings (SSSR count). The Balaban J connectivity index is 1.28. The number of nitrogens with one attached hydrogen (secondary N) is 1. The van der Waals surface area contributed by atoms with E-state index in [4.69, 9.17) is 21.1 Å². The van der Waals surface area contributed by atoms with Crippen LogP contribution < -0.4 is 15.0 Å². The zero-order chi connectivity index (χ0) is 23.8. The van der Waals surface area contributed by atoms with Gasteiger partial charge in [0.15, 0.2) is 6.61 Å². The standard InChI is InChI=1S/C27H27ClN2O4/c28-21-10-8-20(9-11-21)18-33-25-7-3-2-6-24(25)27(32)34-19-26(31)29-22-12-14-23(15-13-22)30-16-4-1-5-17-30/h2-3,6-15H,1,4-5,16-19H2,(H,29,31). The summed E-state index contributed by atoms with van der Waals surface area (Å²) in [5.41, 5.74) is 2.99. The van der Waals surface area contributed by atoms with Gasteiger partial charge in [-0.3, -0.25) is 4.79 Å². The molecule has 1 amide bonds. The summed E-state index contributed by atoms with van der Waals surface area (Å²) >= 11 is 5.91. The van der Waals surface area contributed by atoms with Crippen LogP contribution in [0.2, 0.25) is 5.02 Å². The van der Waals surface area contributed by atoms with Crippen LogP contribution >= 0.6 is 11.6 Å². The van der Waals surface area contributed by atoms with E-state index < -0.39 is 18.5 Å². The number of para-hydroxylation sites is 1. The molecule has 0 aliphatic carbocycles. The Morgan fingerprint density at radius 1 is 0.882 bits per heavy atom. The molecule has 0 bridgehead atoms. The number of rotatable bonds is 8. The van der Waals surface area contributed by atoms with E-state index in [9.17, 15) is 9.59 Å². The van der Waals surface area contributed by atoms with Gasteiger partial charge in [0, 0.05) is 29.5 Å². The summed E-state index contributed by atoms with van der Waals surface area (Å²) in [6.45, 7) is 2.01. The molecule has 0 aromatic heterocycles. The molecule has 0 radical (unpaired) electrons. The van der Waals surface area contributed by atoms with Gasteiger partial charge in [-0.15, -0.1) is 0 Å². The minimum absolute atomic E-state index is 0.259. The lowest BCUT2D eigenvalue weighted by Crippen LogP contribution is -2.29. The summed E-state index contributed by atoms with van der Waals surface area (Å²) in [6, 6.07) is 21.8. The normalized spacial score (nSPS) is 13.3. The summed E-state index contributed by atoms with van der Waals surface area (Å²) < 4.78 is 11.0. The maximum absolute atomic E-state index is 12.6. The number of nitrogens with zero attached hydrogens (tertiary/aromatic N) is 1. The number of benzene rings is 3. The number of piperidine rings is 1. The van der Waals surface area contributed by atoms with E-state index in [2.05, 4.69) is 10.2 Å². The summed E-state index contributed by atoms with van der Waals surface area (Å²) in [5.74, 6) is -0.642. The van der Waals surface area contributed by atoms with Gasteiger partial charge in [0.25, 0.3) is 5.91 Å². The zero-order valence-electron chi connectivity index (χ0n) is 18.8. The van der Waals surface area contributed by atoms with Gasteiger partial charge in [0.2, 0.25) is 0 Å². The van der Waals surface area contributed by atoms with Gasteiger partial charge in [0.05, 0.1) is 0 Å². The molecule has 34 heavy (non-hydrogen) atoms. The number of esters is 1. The third kappa shape index (κ3) is 6.51. The van der Waals surface area contributed by atoms with Gasteiger partial charge in [-0.25, -0.2) is 4.79 Å². The monoisotopic (exact) mass is 478 g/mol. The fourth-order valence-electron chi connectivity index (χ4n) is 3.82. The molecule has 0 atom stereocenters. The summed E-state index contributed by atoms with van der Waals surface area (Å²) in [6.07, 6.45) is 3.70. The Bertz CT molecular complexity index is 1110. The Hall–Kier alpha value is -3.51. The van der Waals surface area contributed by atoms with Crippen LogP contribution in [0.1, 0.15) is 35.2 Å². The molecule has 1 aliphatic rings. The molecule has 1 fully saturated rings. The minimum atomic E-state index is -0.623. The van der Waals surface area contributed by atoms with Crippen LogP contribution in [0.15, 0.2) is 72.8 Å². The molecule has 0 saturated carbocycles. The molecule has 7 heteroatoms. The number of hydrogen-bond acceptors (Lipinski definition) is 5. The fourth-order valence-corrected chi connectivity index (χ4v) is 3.94. The van der Waals surface area contributed by atoms with E-state index in [0.29, 0.717) is 16.5 Å². The summed E-state index contributed by atoms with van der Waals surface area (Å²) in [4.78, 5) is 27.3. The maximum Gasteiger partial charge on any atom is 0.342 e. The second-order valence-corrected chi connectivity index (χ2v) is 8.57. The van der Waals surface area contributed by atoms with E-state index >= 15 is 0 Å². The first-order valence-corrected chi connectivity index (χ1v) is 11.7. The van der Waals surface area contributed by atoms with Crippen LogP contribution in [-0.2, 0) is 16.1 Å². The molecular formula is C27H27ClN2O4. The van der Waals surface area contributed by atoms with Gasteiger partial charge in [-0.1, -0.05) is 35.9 Å². The van der Waals surface area contributed by atoms with Crippen molar-refractivity contribution in [2.45, 2.75) is 25.9 Å². The smallest absolute Gasteiger partial charge is 0.342 e. The van der Waals surface area contributed by atoms with Crippen molar-refractivity contribution in [1.82, 2.24) is 0 Å². The highest BCUT2D eigenvalue weighted by Gasteiger charge is 2.16. The lowest BCUT2D eigenvalue weighted by Gasteiger charge is -2.28. The topological polar surface area (TPSA) is 67.9 Å². The number of carbonyl (C=O) groups excluding carboxylic acids is 2. The van der Waals surface area contributed by atoms with Gasteiger partial charge in [0.1, 0.15) is 17.9 Å². The van der Waals surface area contributed by atoms with Crippen molar-refractivity contribution >= 4 is 34.9 Å². The fraction of sp³-hybridized carbons (Fsp3) is 0.259. The van der Waals surface area contributed by atoms with Crippen LogP contribution in [0.4, 0.5) is 11.4 Å². The number of halogens is 1. The van der Waals surface area contributed by atoms with E-state index in [1.165, 1.54) is 19.3 Å². The molecule has 1 N–H and O–H groups in total. The van der Waals surface area contributed by atoms with Crippen LogP contribution in [0, 0.1) is 0 Å². The summed E-state index contributed by atoms with van der Waals surface area (Å²) in [5, 5.41) is 3.41. The molecule has 3 aromatic carbocycles. The molecule has 0 unspecified atom stereocenters. The molecule has 176 valence electrons. The van der Waals surface area contributed by atoms with E-state index in [-0.39, 0.29) is 12.2 Å². The first-order chi connectivity index (χ1) is 16.6. The van der Waals surface area contributed by atoms with Gasteiger partial charge < -0.3 is 19.7 Å². The Labute approximate surface area is 204 Å². The quantitative estimate of drug-likeness (QED) is 0.420. The second kappa shape index (κ2) is 11.6. The lowest BCUT2D eigenvalue weighted by atomic mass is 10.1. The SMILES string of the molecule is O=C(COC(=O)c1ccccc1OCc1ccc(Cl)cc1)Nc1ccc(N2CCCCC2)cc1. The van der Waals surface area contributed by atoms with Crippen molar-refractivity contribution in [2.75, 3.05) is 29.9 Å². The predicted molar refractivity (Wildman–Crippen MR) is 134 cm³/mol. The van der Waals surface area contributed by atoms with Crippen LogP contribution in [-0.4, -0.2) is 31.6 Å². The van der Waals surface area contributed by atoms with E-state index in [0.717, 1.165) is 24.3 Å². The highest BCUT2D eigenvalue weighted by molar-refractivity contribution is 6.30. The van der Waals surface area contributed by atoms with Gasteiger partial charge >= 0.3 is 5.97 Å². The summed E-state index contributed by atoms with van der Waals surface area (Å²) in [7, 11) is 0. The number of carbonyl (C=O) groups is 2. The van der Waals surface area contributed by atoms with Crippen molar-refractivity contribution in [3.05, 3.63) is 88.9 Å². The number of anilines is 2. The first-order valence-electron chi connectivity index (χ1n) is 11.4. The molecule has 6 nitrogen and oxygen atoms in total. The number of ether oxygens (including phenoxy) is 2. The highest BCUT2D eigenvalue weighted by atomic mass is 35.5. The molecule has 1 heterocycles. The molecule has 3 aromatic rings. The van der Waals surface area contributed by atoms with Crippen molar-refractivity contribution in [3.8, 4) is 5.75 Å². The third-order valence-electron chi connectivity index (χ3n) is 5.62. The minimum Gasteiger partial charge on any atom is -0.488 e. The lowest BCUT2D eigenvalue weighted by molar-refractivity contribution is -0.119. The largest absolute Gasteiger partial charge is 0.488 e. The van der Waals surface area contributed by atoms with E-state index in [1.807, 2.05) is 36.4 Å². The van der Waals surface area contributed by atoms with Crippen LogP contribution in [0.25, 0.3) is 0 Å². The Morgan fingerprint density at radius 3 is 2.32 bits per heavy atom. The first kappa shape index (κ1) is 23.6. The number of hydrogen-bond donors (Lipinski definition) is 1. The zero-order valence-corrected chi connectivity index (χ0v) is 19.6. The maximum atomic E-state index is 12.6. The molecular weight excluding hydrogens is 452 g/mol. The van der Waals surface area contributed by atoms with Crippen molar-refractivity contribution in [2.24, 2.45) is 0 Å². The van der Waals surface area contributed by atoms with Crippen molar-refractivity contribution < 1.29 is 19.1 Å². The Morgan fingerprint density at radius 2 is 1.59 bits per heavy atom. The van der Waals surface area contributed by atoms with E-state index in [1.54, 1.807) is 36.4 Å². The van der Waals surface area contributed by atoms with Crippen LogP contribution in [0.5, 0.6) is 5.75 Å².